The predicted molar refractivity (Wildman–Crippen MR) is 74.3 cm³/mol. The third kappa shape index (κ3) is 3.38. The summed E-state index contributed by atoms with van der Waals surface area (Å²) >= 11 is 0. The van der Waals surface area contributed by atoms with E-state index in [1.807, 2.05) is 42.5 Å². The Kier molecular flexibility index (Phi) is 4.23. The third-order valence-electron chi connectivity index (χ3n) is 2.49. The Morgan fingerprint density at radius 3 is 2.74 bits per heavy atom. The molecule has 0 aliphatic carbocycles. The number of pyridine rings is 1. The van der Waals surface area contributed by atoms with Crippen molar-refractivity contribution in [2.45, 2.75) is 0 Å². The van der Waals surface area contributed by atoms with Gasteiger partial charge in [0, 0.05) is 17.7 Å². The van der Waals surface area contributed by atoms with Gasteiger partial charge in [-0.3, -0.25) is 0 Å². The fourth-order valence-electron chi connectivity index (χ4n) is 1.53. The molecular formula is C14H15N4O+. The molecule has 0 amide bonds. The SMILES string of the molecule is COc1ccccc1C=NN=C(N)c1cccc[nH+]1. The summed E-state index contributed by atoms with van der Waals surface area (Å²) in [5, 5.41) is 7.91. The topological polar surface area (TPSA) is 74.1 Å². The summed E-state index contributed by atoms with van der Waals surface area (Å²) in [6, 6.07) is 13.1. The highest BCUT2D eigenvalue weighted by Crippen LogP contribution is 2.14. The van der Waals surface area contributed by atoms with E-state index >= 15 is 0 Å². The summed E-state index contributed by atoms with van der Waals surface area (Å²) in [4.78, 5) is 2.99. The summed E-state index contributed by atoms with van der Waals surface area (Å²) < 4.78 is 5.21. The van der Waals surface area contributed by atoms with Gasteiger partial charge in [-0.05, 0) is 18.2 Å². The van der Waals surface area contributed by atoms with Crippen LogP contribution in [0.2, 0.25) is 0 Å². The van der Waals surface area contributed by atoms with Crippen LogP contribution in [0.4, 0.5) is 0 Å². The predicted octanol–water partition coefficient (Wildman–Crippen LogP) is 1.25. The first-order valence-electron chi connectivity index (χ1n) is 5.78. The number of nitrogens with zero attached hydrogens (tertiary/aromatic N) is 2. The molecule has 0 aliphatic rings. The number of rotatable bonds is 4. The van der Waals surface area contributed by atoms with Gasteiger partial charge in [0.25, 0.3) is 0 Å². The van der Waals surface area contributed by atoms with Gasteiger partial charge < -0.3 is 10.5 Å². The number of para-hydroxylation sites is 1. The van der Waals surface area contributed by atoms with Gasteiger partial charge in [0.2, 0.25) is 11.5 Å². The van der Waals surface area contributed by atoms with Gasteiger partial charge in [0.15, 0.2) is 6.20 Å². The number of aromatic nitrogens is 1. The Balaban J connectivity index is 2.15. The first-order valence-corrected chi connectivity index (χ1v) is 5.78. The number of H-pyrrole nitrogens is 1. The van der Waals surface area contributed by atoms with Crippen LogP contribution in [0.5, 0.6) is 5.75 Å². The van der Waals surface area contributed by atoms with Crippen LogP contribution in [0.1, 0.15) is 11.3 Å². The van der Waals surface area contributed by atoms with Gasteiger partial charge in [-0.25, -0.2) is 4.98 Å². The maximum Gasteiger partial charge on any atom is 0.247 e. The molecule has 1 aromatic heterocycles. The van der Waals surface area contributed by atoms with E-state index in [0.717, 1.165) is 17.0 Å². The van der Waals surface area contributed by atoms with Gasteiger partial charge in [0.05, 0.1) is 13.3 Å². The largest absolute Gasteiger partial charge is 0.496 e. The maximum absolute atomic E-state index is 5.80. The Hall–Kier alpha value is -2.69. The van der Waals surface area contributed by atoms with Crippen molar-refractivity contribution in [2.75, 3.05) is 7.11 Å². The lowest BCUT2D eigenvalue weighted by atomic mass is 10.2. The van der Waals surface area contributed by atoms with E-state index in [1.54, 1.807) is 19.5 Å². The molecule has 0 bridgehead atoms. The van der Waals surface area contributed by atoms with Crippen molar-refractivity contribution in [3.05, 3.63) is 59.9 Å². The van der Waals surface area contributed by atoms with Crippen LogP contribution < -0.4 is 15.5 Å². The minimum atomic E-state index is 0.326. The van der Waals surface area contributed by atoms with Crippen LogP contribution in [0.15, 0.2) is 58.9 Å². The molecule has 1 heterocycles. The summed E-state index contributed by atoms with van der Waals surface area (Å²) in [6.45, 7) is 0. The van der Waals surface area contributed by atoms with Crippen molar-refractivity contribution < 1.29 is 9.72 Å². The van der Waals surface area contributed by atoms with E-state index in [-0.39, 0.29) is 0 Å². The van der Waals surface area contributed by atoms with E-state index < -0.39 is 0 Å². The smallest absolute Gasteiger partial charge is 0.247 e. The number of nitrogens with one attached hydrogen (secondary N) is 1. The average molecular weight is 255 g/mol. The fourth-order valence-corrected chi connectivity index (χ4v) is 1.53. The minimum Gasteiger partial charge on any atom is -0.496 e. The second kappa shape index (κ2) is 6.30. The molecule has 3 N–H and O–H groups in total. The maximum atomic E-state index is 5.80. The summed E-state index contributed by atoms with van der Waals surface area (Å²) in [5.41, 5.74) is 7.37. The average Bonchev–Trinajstić information content (AvgIpc) is 2.48. The fraction of sp³-hybridized carbons (Fsp3) is 0.0714. The number of hydrogen-bond donors (Lipinski definition) is 1. The zero-order valence-electron chi connectivity index (χ0n) is 10.6. The van der Waals surface area contributed by atoms with Crippen LogP contribution in [-0.2, 0) is 0 Å². The van der Waals surface area contributed by atoms with Gasteiger partial charge >= 0.3 is 0 Å². The second-order valence-corrected chi connectivity index (χ2v) is 3.75. The quantitative estimate of drug-likeness (QED) is 0.507. The first kappa shape index (κ1) is 12.8. The Bertz CT molecular complexity index is 593. The number of amidine groups is 1. The van der Waals surface area contributed by atoms with Crippen molar-refractivity contribution in [3.8, 4) is 5.75 Å². The standard InChI is InChI=1S/C14H14N4O/c1-19-13-8-3-2-6-11(13)10-17-18-14(15)12-7-4-5-9-16-12/h2-10H,1H3,(H2,15,18)/p+1. The molecule has 96 valence electrons. The molecule has 0 aliphatic heterocycles. The minimum absolute atomic E-state index is 0.326. The molecule has 0 saturated carbocycles. The van der Waals surface area contributed by atoms with E-state index in [9.17, 15) is 0 Å². The Labute approximate surface area is 111 Å². The molecule has 0 unspecified atom stereocenters. The summed E-state index contributed by atoms with van der Waals surface area (Å²) in [5.74, 6) is 1.07. The Morgan fingerprint density at radius 2 is 2.00 bits per heavy atom. The van der Waals surface area contributed by atoms with Gasteiger partial charge in [-0.15, -0.1) is 5.10 Å². The number of methoxy groups -OCH3 is 1. The molecule has 2 aromatic rings. The molecule has 0 atom stereocenters. The van der Waals surface area contributed by atoms with Crippen molar-refractivity contribution in [1.82, 2.24) is 0 Å². The van der Waals surface area contributed by atoms with Crippen molar-refractivity contribution >= 4 is 12.1 Å². The third-order valence-corrected chi connectivity index (χ3v) is 2.49. The lowest BCUT2D eigenvalue weighted by Crippen LogP contribution is -2.23. The Morgan fingerprint density at radius 1 is 1.21 bits per heavy atom. The van der Waals surface area contributed by atoms with Crippen LogP contribution in [0.3, 0.4) is 0 Å². The first-order chi connectivity index (χ1) is 9.31. The lowest BCUT2D eigenvalue weighted by molar-refractivity contribution is -0.380. The van der Waals surface area contributed by atoms with Gasteiger partial charge in [-0.1, -0.05) is 12.1 Å². The van der Waals surface area contributed by atoms with Crippen molar-refractivity contribution in [1.29, 1.82) is 0 Å². The molecule has 0 radical (unpaired) electrons. The molecule has 19 heavy (non-hydrogen) atoms. The number of aromatic amines is 1. The van der Waals surface area contributed by atoms with Crippen LogP contribution >= 0.6 is 0 Å². The van der Waals surface area contributed by atoms with Crippen molar-refractivity contribution in [3.63, 3.8) is 0 Å². The molecule has 0 spiro atoms. The number of nitrogens with two attached hydrogens (primary N) is 1. The molecule has 5 heteroatoms. The van der Waals surface area contributed by atoms with E-state index in [4.69, 9.17) is 10.5 Å². The normalized spacial score (nSPS) is 11.7. The molecule has 2 rings (SSSR count). The van der Waals surface area contributed by atoms with E-state index in [0.29, 0.717) is 5.84 Å². The zero-order valence-corrected chi connectivity index (χ0v) is 10.6. The van der Waals surface area contributed by atoms with E-state index in [2.05, 4.69) is 15.2 Å². The molecule has 0 saturated heterocycles. The zero-order chi connectivity index (χ0) is 13.5. The molecule has 0 fully saturated rings. The molecular weight excluding hydrogens is 240 g/mol. The highest BCUT2D eigenvalue weighted by Gasteiger charge is 2.03. The highest BCUT2D eigenvalue weighted by atomic mass is 16.5. The molecule has 5 nitrogen and oxygen atoms in total. The van der Waals surface area contributed by atoms with E-state index in [1.165, 1.54) is 0 Å². The monoisotopic (exact) mass is 255 g/mol. The summed E-state index contributed by atoms with van der Waals surface area (Å²) in [6.07, 6.45) is 3.39. The summed E-state index contributed by atoms with van der Waals surface area (Å²) in [7, 11) is 1.61. The molecule has 1 aromatic carbocycles. The van der Waals surface area contributed by atoms with Gasteiger partial charge in [-0.2, -0.15) is 5.10 Å². The van der Waals surface area contributed by atoms with Crippen molar-refractivity contribution in [2.24, 2.45) is 15.9 Å². The van der Waals surface area contributed by atoms with Crippen LogP contribution in [-0.4, -0.2) is 19.2 Å². The lowest BCUT2D eigenvalue weighted by Gasteiger charge is -2.01. The number of benzene rings is 1. The van der Waals surface area contributed by atoms with Crippen LogP contribution in [0.25, 0.3) is 0 Å². The second-order valence-electron chi connectivity index (χ2n) is 3.75. The highest BCUT2D eigenvalue weighted by molar-refractivity contribution is 5.94. The van der Waals surface area contributed by atoms with Gasteiger partial charge in [0.1, 0.15) is 5.75 Å². The number of hydrogen-bond acceptors (Lipinski definition) is 3. The van der Waals surface area contributed by atoms with Crippen LogP contribution in [0, 0.1) is 0 Å². The number of ether oxygens (including phenoxy) is 1.